The summed E-state index contributed by atoms with van der Waals surface area (Å²) in [7, 11) is 0. The highest BCUT2D eigenvalue weighted by Gasteiger charge is 2.26. The van der Waals surface area contributed by atoms with Crippen molar-refractivity contribution in [2.75, 3.05) is 6.61 Å². The lowest BCUT2D eigenvalue weighted by atomic mass is 10.1. The molecule has 0 heterocycles. The third-order valence-electron chi connectivity index (χ3n) is 2.55. The van der Waals surface area contributed by atoms with Crippen LogP contribution in [-0.4, -0.2) is 18.9 Å². The molecule has 0 aliphatic heterocycles. The summed E-state index contributed by atoms with van der Waals surface area (Å²) in [5.41, 5.74) is 2.48. The minimum atomic E-state index is -0.423. The normalized spacial score (nSPS) is 15.6. The first-order chi connectivity index (χ1) is 8.19. The predicted octanol–water partition coefficient (Wildman–Crippen LogP) is 2.51. The molecular formula is C14H16O3. The molecule has 1 aliphatic rings. The molecule has 0 aromatic heterocycles. The molecule has 3 heteroatoms. The van der Waals surface area contributed by atoms with Crippen LogP contribution in [0.5, 0.6) is 0 Å². The molecule has 0 aromatic carbocycles. The van der Waals surface area contributed by atoms with Crippen LogP contribution in [0.3, 0.4) is 0 Å². The first kappa shape index (κ1) is 13.2. The van der Waals surface area contributed by atoms with Crippen LogP contribution in [0.1, 0.15) is 20.3 Å². The molecule has 0 N–H and O–H groups in total. The van der Waals surface area contributed by atoms with Crippen molar-refractivity contribution in [3.05, 3.63) is 47.1 Å². The lowest BCUT2D eigenvalue weighted by Gasteiger charge is -2.03. The summed E-state index contributed by atoms with van der Waals surface area (Å²) >= 11 is 0. The molecule has 0 amide bonds. The van der Waals surface area contributed by atoms with Crippen LogP contribution >= 0.6 is 0 Å². The minimum absolute atomic E-state index is 0.302. The summed E-state index contributed by atoms with van der Waals surface area (Å²) in [5, 5.41) is 0. The second-order valence-electron chi connectivity index (χ2n) is 3.55. The molecule has 0 saturated heterocycles. The molecule has 0 atom stereocenters. The summed E-state index contributed by atoms with van der Waals surface area (Å²) in [6, 6.07) is 0. The number of rotatable bonds is 5. The Labute approximate surface area is 101 Å². The highest BCUT2D eigenvalue weighted by Crippen LogP contribution is 2.33. The van der Waals surface area contributed by atoms with Gasteiger partial charge in [0.25, 0.3) is 0 Å². The number of allylic oxidation sites excluding steroid dienone is 6. The van der Waals surface area contributed by atoms with Gasteiger partial charge in [-0.3, -0.25) is 4.79 Å². The van der Waals surface area contributed by atoms with Gasteiger partial charge in [-0.05, 0) is 25.0 Å². The SMILES string of the molecule is C=CC1=C(/C=C\C)C(C=O)=C(C(=O)OCC)C1. The average molecular weight is 232 g/mol. The van der Waals surface area contributed by atoms with Crippen LogP contribution in [0.4, 0.5) is 0 Å². The van der Waals surface area contributed by atoms with Gasteiger partial charge in [-0.1, -0.05) is 24.8 Å². The zero-order valence-corrected chi connectivity index (χ0v) is 10.2. The van der Waals surface area contributed by atoms with E-state index in [9.17, 15) is 9.59 Å². The third kappa shape index (κ3) is 2.61. The van der Waals surface area contributed by atoms with E-state index < -0.39 is 5.97 Å². The Morgan fingerprint density at radius 2 is 2.18 bits per heavy atom. The van der Waals surface area contributed by atoms with Crippen molar-refractivity contribution in [2.45, 2.75) is 20.3 Å². The van der Waals surface area contributed by atoms with Gasteiger partial charge in [0.05, 0.1) is 12.2 Å². The zero-order chi connectivity index (χ0) is 12.8. The Kier molecular flexibility index (Phi) is 4.64. The maximum atomic E-state index is 11.7. The summed E-state index contributed by atoms with van der Waals surface area (Å²) < 4.78 is 4.94. The summed E-state index contributed by atoms with van der Waals surface area (Å²) in [6.45, 7) is 7.60. The predicted molar refractivity (Wildman–Crippen MR) is 66.4 cm³/mol. The topological polar surface area (TPSA) is 43.4 Å². The smallest absolute Gasteiger partial charge is 0.335 e. The highest BCUT2D eigenvalue weighted by molar-refractivity contribution is 6.01. The van der Waals surface area contributed by atoms with Crippen LogP contribution in [-0.2, 0) is 14.3 Å². The fraction of sp³-hybridized carbons (Fsp3) is 0.286. The molecule has 0 unspecified atom stereocenters. The summed E-state index contributed by atoms with van der Waals surface area (Å²) in [4.78, 5) is 22.8. The molecule has 17 heavy (non-hydrogen) atoms. The molecule has 0 spiro atoms. The van der Waals surface area contributed by atoms with E-state index in [2.05, 4.69) is 6.58 Å². The van der Waals surface area contributed by atoms with Crippen LogP contribution < -0.4 is 0 Å². The zero-order valence-electron chi connectivity index (χ0n) is 10.2. The van der Waals surface area contributed by atoms with Gasteiger partial charge in [-0.2, -0.15) is 0 Å². The second-order valence-corrected chi connectivity index (χ2v) is 3.55. The monoisotopic (exact) mass is 232 g/mol. The maximum Gasteiger partial charge on any atom is 0.335 e. The molecule has 0 aromatic rings. The van der Waals surface area contributed by atoms with Crippen molar-refractivity contribution in [2.24, 2.45) is 0 Å². The maximum absolute atomic E-state index is 11.7. The van der Waals surface area contributed by atoms with E-state index in [1.165, 1.54) is 0 Å². The minimum Gasteiger partial charge on any atom is -0.463 e. The number of ether oxygens (including phenoxy) is 1. The average Bonchev–Trinajstić information content (AvgIpc) is 2.68. The summed E-state index contributed by atoms with van der Waals surface area (Å²) in [5.74, 6) is -0.423. The number of aldehydes is 1. The van der Waals surface area contributed by atoms with E-state index in [1.807, 2.05) is 19.1 Å². The largest absolute Gasteiger partial charge is 0.463 e. The second kappa shape index (κ2) is 5.99. The standard InChI is InChI=1S/C14H16O3/c1-4-7-11-10(5-2)8-12(13(11)9-15)14(16)17-6-3/h4-5,7,9H,2,6,8H2,1,3H3/b7-4-. The van der Waals surface area contributed by atoms with Gasteiger partial charge >= 0.3 is 5.97 Å². The van der Waals surface area contributed by atoms with Gasteiger partial charge < -0.3 is 4.74 Å². The van der Waals surface area contributed by atoms with Crippen molar-refractivity contribution in [1.29, 1.82) is 0 Å². The van der Waals surface area contributed by atoms with E-state index in [4.69, 9.17) is 4.74 Å². The Morgan fingerprint density at radius 3 is 2.65 bits per heavy atom. The van der Waals surface area contributed by atoms with Crippen molar-refractivity contribution in [3.8, 4) is 0 Å². The molecule has 0 bridgehead atoms. The molecular weight excluding hydrogens is 216 g/mol. The molecule has 90 valence electrons. The Balaban J connectivity index is 3.18. The van der Waals surface area contributed by atoms with Crippen LogP contribution in [0, 0.1) is 0 Å². The van der Waals surface area contributed by atoms with Gasteiger partial charge in [-0.25, -0.2) is 4.79 Å². The molecule has 0 radical (unpaired) electrons. The molecule has 1 aliphatic carbocycles. The first-order valence-corrected chi connectivity index (χ1v) is 5.53. The third-order valence-corrected chi connectivity index (χ3v) is 2.55. The Morgan fingerprint density at radius 1 is 1.47 bits per heavy atom. The van der Waals surface area contributed by atoms with Crippen molar-refractivity contribution < 1.29 is 14.3 Å². The highest BCUT2D eigenvalue weighted by atomic mass is 16.5. The lowest BCUT2D eigenvalue weighted by Crippen LogP contribution is -2.08. The van der Waals surface area contributed by atoms with Crippen molar-refractivity contribution in [3.63, 3.8) is 0 Å². The Hall–Kier alpha value is -1.90. The molecule has 0 saturated carbocycles. The first-order valence-electron chi connectivity index (χ1n) is 5.53. The van der Waals surface area contributed by atoms with Crippen molar-refractivity contribution >= 4 is 12.3 Å². The van der Waals surface area contributed by atoms with Gasteiger partial charge in [-0.15, -0.1) is 0 Å². The van der Waals surface area contributed by atoms with Crippen LogP contribution in [0.25, 0.3) is 0 Å². The number of hydrogen-bond acceptors (Lipinski definition) is 3. The fourth-order valence-corrected chi connectivity index (χ4v) is 1.80. The van der Waals surface area contributed by atoms with Gasteiger partial charge in [0, 0.05) is 12.0 Å². The van der Waals surface area contributed by atoms with Gasteiger partial charge in [0.1, 0.15) is 0 Å². The Bertz CT molecular complexity index is 436. The number of carbonyl (C=O) groups is 2. The molecule has 3 nitrogen and oxygen atoms in total. The van der Waals surface area contributed by atoms with Crippen molar-refractivity contribution in [1.82, 2.24) is 0 Å². The van der Waals surface area contributed by atoms with E-state index in [0.717, 1.165) is 11.1 Å². The fourth-order valence-electron chi connectivity index (χ4n) is 1.80. The summed E-state index contributed by atoms with van der Waals surface area (Å²) in [6.07, 6.45) is 6.43. The van der Waals surface area contributed by atoms with E-state index >= 15 is 0 Å². The van der Waals surface area contributed by atoms with Crippen LogP contribution in [0.2, 0.25) is 0 Å². The van der Waals surface area contributed by atoms with E-state index in [-0.39, 0.29) is 0 Å². The van der Waals surface area contributed by atoms with Crippen LogP contribution in [0.15, 0.2) is 47.1 Å². The van der Waals surface area contributed by atoms with E-state index in [1.54, 1.807) is 13.0 Å². The number of esters is 1. The van der Waals surface area contributed by atoms with Gasteiger partial charge in [0.2, 0.25) is 0 Å². The molecule has 1 rings (SSSR count). The number of carbonyl (C=O) groups excluding carboxylic acids is 2. The molecule has 0 fully saturated rings. The van der Waals surface area contributed by atoms with E-state index in [0.29, 0.717) is 30.5 Å². The van der Waals surface area contributed by atoms with Gasteiger partial charge in [0.15, 0.2) is 6.29 Å². The number of hydrogen-bond donors (Lipinski definition) is 0. The quantitative estimate of drug-likeness (QED) is 0.540. The lowest BCUT2D eigenvalue weighted by molar-refractivity contribution is -0.138.